The Bertz CT molecular complexity index is 953. The van der Waals surface area contributed by atoms with Crippen LogP contribution in [0.3, 0.4) is 0 Å². The summed E-state index contributed by atoms with van der Waals surface area (Å²) in [5.74, 6) is -0.993. The molecule has 7 heteroatoms. The summed E-state index contributed by atoms with van der Waals surface area (Å²) in [5.41, 5.74) is 6.27. The number of hydrogen-bond acceptors (Lipinski definition) is 5. The zero-order valence-corrected chi connectivity index (χ0v) is 14.8. The first-order valence-electron chi connectivity index (χ1n) is 7.38. The van der Waals surface area contributed by atoms with Crippen LogP contribution in [0.15, 0.2) is 52.9 Å². The monoisotopic (exact) mass is 371 g/mol. The van der Waals surface area contributed by atoms with Crippen molar-refractivity contribution in [3.05, 3.63) is 69.6 Å². The van der Waals surface area contributed by atoms with Crippen molar-refractivity contribution in [2.45, 2.75) is 6.92 Å². The first-order valence-corrected chi connectivity index (χ1v) is 8.64. The van der Waals surface area contributed by atoms with E-state index in [0.29, 0.717) is 15.7 Å². The quantitative estimate of drug-likeness (QED) is 0.493. The highest BCUT2D eigenvalue weighted by Gasteiger charge is 2.09. The molecule has 5 nitrogen and oxygen atoms in total. The van der Waals surface area contributed by atoms with Gasteiger partial charge in [-0.1, -0.05) is 41.4 Å². The Morgan fingerprint density at radius 1 is 1.32 bits per heavy atom. The second-order valence-corrected chi connectivity index (χ2v) is 6.55. The number of hydrogen-bond donors (Lipinski definition) is 2. The molecular weight excluding hydrogens is 358 g/mol. The number of benzene rings is 2. The molecule has 1 heterocycles. The van der Waals surface area contributed by atoms with Gasteiger partial charge >= 0.3 is 5.97 Å². The molecular formula is C18H14ClN3O2S. The third kappa shape index (κ3) is 4.04. The number of thiazole rings is 1. The van der Waals surface area contributed by atoms with E-state index in [-0.39, 0.29) is 5.56 Å². The van der Waals surface area contributed by atoms with E-state index in [1.165, 1.54) is 23.6 Å². The molecule has 0 amide bonds. The summed E-state index contributed by atoms with van der Waals surface area (Å²) in [5, 5.41) is 16.4. The minimum Gasteiger partial charge on any atom is -0.478 e. The SMILES string of the molecule is Cc1ccc(Cl)c(-c2csc(N/N=C/c3ccccc3C(=O)O)n2)c1. The van der Waals surface area contributed by atoms with Gasteiger partial charge < -0.3 is 5.11 Å². The molecule has 25 heavy (non-hydrogen) atoms. The normalized spacial score (nSPS) is 11.0. The standard InChI is InChI=1S/C18H14ClN3O2S/c1-11-6-7-15(19)14(8-11)16-10-25-18(21-16)22-20-9-12-4-2-3-5-13(12)17(23)24/h2-10H,1H3,(H,21,22)(H,23,24)/b20-9+. The van der Waals surface area contributed by atoms with Gasteiger partial charge in [-0.05, 0) is 25.1 Å². The molecule has 0 atom stereocenters. The summed E-state index contributed by atoms with van der Waals surface area (Å²) in [7, 11) is 0. The smallest absolute Gasteiger partial charge is 0.336 e. The molecule has 0 unspecified atom stereocenters. The Morgan fingerprint density at radius 3 is 2.92 bits per heavy atom. The van der Waals surface area contributed by atoms with Crippen LogP contribution in [-0.2, 0) is 0 Å². The van der Waals surface area contributed by atoms with Crippen LogP contribution >= 0.6 is 22.9 Å². The van der Waals surface area contributed by atoms with Gasteiger partial charge in [0.15, 0.2) is 0 Å². The lowest BCUT2D eigenvalue weighted by Gasteiger charge is -2.02. The van der Waals surface area contributed by atoms with E-state index < -0.39 is 5.97 Å². The Kier molecular flexibility index (Phi) is 5.11. The summed E-state index contributed by atoms with van der Waals surface area (Å²) < 4.78 is 0. The number of carboxylic acids is 1. The summed E-state index contributed by atoms with van der Waals surface area (Å²) in [6.07, 6.45) is 1.46. The highest BCUT2D eigenvalue weighted by atomic mass is 35.5. The van der Waals surface area contributed by atoms with Crippen LogP contribution in [-0.4, -0.2) is 22.3 Å². The van der Waals surface area contributed by atoms with E-state index in [1.807, 2.05) is 30.5 Å². The molecule has 3 aromatic rings. The summed E-state index contributed by atoms with van der Waals surface area (Å²) in [6, 6.07) is 12.4. The molecule has 0 radical (unpaired) electrons. The minimum absolute atomic E-state index is 0.194. The topological polar surface area (TPSA) is 74.6 Å². The van der Waals surface area contributed by atoms with Crippen molar-refractivity contribution in [1.82, 2.24) is 4.98 Å². The molecule has 0 spiro atoms. The van der Waals surface area contributed by atoms with Crippen LogP contribution in [0.5, 0.6) is 0 Å². The molecule has 1 aromatic heterocycles. The molecule has 126 valence electrons. The van der Waals surface area contributed by atoms with Gasteiger partial charge in [-0.15, -0.1) is 11.3 Å². The minimum atomic E-state index is -0.993. The predicted molar refractivity (Wildman–Crippen MR) is 102 cm³/mol. The number of rotatable bonds is 5. The van der Waals surface area contributed by atoms with Crippen LogP contribution in [0.4, 0.5) is 5.13 Å². The number of nitrogens with one attached hydrogen (secondary N) is 1. The molecule has 0 aliphatic rings. The number of carbonyl (C=O) groups is 1. The van der Waals surface area contributed by atoms with E-state index in [4.69, 9.17) is 16.7 Å². The summed E-state index contributed by atoms with van der Waals surface area (Å²) >= 11 is 7.62. The maximum Gasteiger partial charge on any atom is 0.336 e. The average Bonchev–Trinajstić information content (AvgIpc) is 3.06. The lowest BCUT2D eigenvalue weighted by Crippen LogP contribution is -2.02. The fourth-order valence-electron chi connectivity index (χ4n) is 2.25. The zero-order chi connectivity index (χ0) is 17.8. The van der Waals surface area contributed by atoms with Gasteiger partial charge in [0.2, 0.25) is 5.13 Å². The van der Waals surface area contributed by atoms with E-state index >= 15 is 0 Å². The van der Waals surface area contributed by atoms with Crippen molar-refractivity contribution in [3.8, 4) is 11.3 Å². The van der Waals surface area contributed by atoms with Crippen molar-refractivity contribution in [3.63, 3.8) is 0 Å². The average molecular weight is 372 g/mol. The van der Waals surface area contributed by atoms with Crippen LogP contribution < -0.4 is 5.43 Å². The molecule has 0 bridgehead atoms. The Hall–Kier alpha value is -2.70. The molecule has 2 N–H and O–H groups in total. The number of halogens is 1. The van der Waals surface area contributed by atoms with Crippen molar-refractivity contribution < 1.29 is 9.90 Å². The number of anilines is 1. The fraction of sp³-hybridized carbons (Fsp3) is 0.0556. The highest BCUT2D eigenvalue weighted by Crippen LogP contribution is 2.31. The number of aromatic carboxylic acids is 1. The van der Waals surface area contributed by atoms with Crippen molar-refractivity contribution in [2.24, 2.45) is 5.10 Å². The fourth-order valence-corrected chi connectivity index (χ4v) is 3.12. The Labute approximate surface area is 153 Å². The van der Waals surface area contributed by atoms with E-state index in [2.05, 4.69) is 15.5 Å². The van der Waals surface area contributed by atoms with Gasteiger partial charge in [-0.25, -0.2) is 9.78 Å². The lowest BCUT2D eigenvalue weighted by molar-refractivity contribution is 0.0697. The van der Waals surface area contributed by atoms with Gasteiger partial charge in [0.05, 0.1) is 22.5 Å². The molecule has 3 rings (SSSR count). The molecule has 0 saturated carbocycles. The van der Waals surface area contributed by atoms with E-state index in [1.54, 1.807) is 18.2 Å². The van der Waals surface area contributed by atoms with Gasteiger partial charge in [0.25, 0.3) is 0 Å². The summed E-state index contributed by atoms with van der Waals surface area (Å²) in [6.45, 7) is 2.00. The van der Waals surface area contributed by atoms with Crippen LogP contribution in [0.25, 0.3) is 11.3 Å². The molecule has 0 fully saturated rings. The Morgan fingerprint density at radius 2 is 2.12 bits per heavy atom. The number of nitrogens with zero attached hydrogens (tertiary/aromatic N) is 2. The summed E-state index contributed by atoms with van der Waals surface area (Å²) in [4.78, 5) is 15.6. The zero-order valence-electron chi connectivity index (χ0n) is 13.2. The second-order valence-electron chi connectivity index (χ2n) is 5.28. The maximum absolute atomic E-state index is 11.2. The lowest BCUT2D eigenvalue weighted by atomic mass is 10.1. The third-order valence-electron chi connectivity index (χ3n) is 3.46. The number of aromatic nitrogens is 1. The predicted octanol–water partition coefficient (Wildman–Crippen LogP) is 4.92. The molecule has 0 aliphatic carbocycles. The van der Waals surface area contributed by atoms with Crippen LogP contribution in [0.1, 0.15) is 21.5 Å². The van der Waals surface area contributed by atoms with E-state index in [9.17, 15) is 4.79 Å². The molecule has 0 aliphatic heterocycles. The van der Waals surface area contributed by atoms with Crippen molar-refractivity contribution in [1.29, 1.82) is 0 Å². The van der Waals surface area contributed by atoms with Gasteiger partial charge in [0.1, 0.15) is 0 Å². The Balaban J connectivity index is 1.76. The van der Waals surface area contributed by atoms with Crippen molar-refractivity contribution >= 4 is 40.3 Å². The van der Waals surface area contributed by atoms with Gasteiger partial charge in [-0.2, -0.15) is 5.10 Å². The molecule has 0 saturated heterocycles. The van der Waals surface area contributed by atoms with Crippen molar-refractivity contribution in [2.75, 3.05) is 5.43 Å². The van der Waals surface area contributed by atoms with Crippen LogP contribution in [0, 0.1) is 6.92 Å². The first-order chi connectivity index (χ1) is 12.0. The largest absolute Gasteiger partial charge is 0.478 e. The van der Waals surface area contributed by atoms with Crippen LogP contribution in [0.2, 0.25) is 5.02 Å². The number of hydrazone groups is 1. The third-order valence-corrected chi connectivity index (χ3v) is 4.53. The first kappa shape index (κ1) is 17.1. The van der Waals surface area contributed by atoms with Gasteiger partial charge in [0, 0.05) is 16.5 Å². The second kappa shape index (κ2) is 7.46. The van der Waals surface area contributed by atoms with Gasteiger partial charge in [-0.3, -0.25) is 5.43 Å². The molecule has 2 aromatic carbocycles. The number of aryl methyl sites for hydroxylation is 1. The van der Waals surface area contributed by atoms with E-state index in [0.717, 1.165) is 16.8 Å². The maximum atomic E-state index is 11.2. The number of carboxylic acid groups (broad SMARTS) is 1. The highest BCUT2D eigenvalue weighted by molar-refractivity contribution is 7.14.